The second kappa shape index (κ2) is 7.07. The van der Waals surface area contributed by atoms with Gasteiger partial charge in [-0.25, -0.2) is 0 Å². The van der Waals surface area contributed by atoms with Crippen LogP contribution in [0.4, 0.5) is 0 Å². The van der Waals surface area contributed by atoms with Crippen molar-refractivity contribution in [3.63, 3.8) is 0 Å². The molecule has 2 atom stereocenters. The summed E-state index contributed by atoms with van der Waals surface area (Å²) >= 11 is 0. The van der Waals surface area contributed by atoms with E-state index >= 15 is 0 Å². The molecular weight excluding hydrogens is 232 g/mol. The minimum atomic E-state index is -0.789. The fourth-order valence-corrected chi connectivity index (χ4v) is 2.16. The number of rotatable bonds is 7. The molecule has 0 aromatic carbocycles. The third kappa shape index (κ3) is 3.93. The molecule has 1 amide bonds. The largest absolute Gasteiger partial charge is 0.388 e. The number of hydrogen-bond acceptors (Lipinski definition) is 4. The first-order valence-electron chi connectivity index (χ1n) is 6.87. The van der Waals surface area contributed by atoms with Crippen LogP contribution in [-0.2, 0) is 9.53 Å². The van der Waals surface area contributed by atoms with E-state index in [0.29, 0.717) is 32.6 Å². The molecule has 2 unspecified atom stereocenters. The average Bonchev–Trinajstić information content (AvgIpc) is 2.84. The molecule has 18 heavy (non-hydrogen) atoms. The fraction of sp³-hybridized carbons (Fsp3) is 0.923. The highest BCUT2D eigenvalue weighted by Crippen LogP contribution is 2.16. The number of amides is 1. The van der Waals surface area contributed by atoms with Gasteiger partial charge in [0.2, 0.25) is 5.91 Å². The Bertz CT molecular complexity index is 267. The summed E-state index contributed by atoms with van der Waals surface area (Å²) in [4.78, 5) is 12.1. The van der Waals surface area contributed by atoms with Gasteiger partial charge in [0.15, 0.2) is 0 Å². The number of carbonyl (C=O) groups is 1. The third-order valence-electron chi connectivity index (χ3n) is 3.79. The molecule has 5 heteroatoms. The van der Waals surface area contributed by atoms with Crippen LogP contribution in [-0.4, -0.2) is 49.0 Å². The number of carbonyl (C=O) groups excluding carboxylic acids is 1. The predicted molar refractivity (Wildman–Crippen MR) is 70.3 cm³/mol. The maximum Gasteiger partial charge on any atom is 0.227 e. The van der Waals surface area contributed by atoms with Gasteiger partial charge in [0, 0.05) is 12.6 Å². The summed E-state index contributed by atoms with van der Waals surface area (Å²) in [5.41, 5.74) is -0.789. The van der Waals surface area contributed by atoms with Crippen molar-refractivity contribution in [1.82, 2.24) is 10.6 Å². The zero-order chi connectivity index (χ0) is 13.6. The van der Waals surface area contributed by atoms with Crippen molar-refractivity contribution in [3.8, 4) is 0 Å². The summed E-state index contributed by atoms with van der Waals surface area (Å²) in [6.07, 6.45) is 1.28. The van der Waals surface area contributed by atoms with Gasteiger partial charge in [-0.1, -0.05) is 20.8 Å². The minimum absolute atomic E-state index is 0.0289. The molecule has 1 heterocycles. The van der Waals surface area contributed by atoms with Crippen molar-refractivity contribution < 1.29 is 14.6 Å². The SMILES string of the molecule is CCNC1COCC1C(=O)NCC(O)(CC)CC. The second-order valence-electron chi connectivity index (χ2n) is 4.96. The number of hydrogen-bond donors (Lipinski definition) is 3. The first kappa shape index (κ1) is 15.4. The molecule has 0 aromatic rings. The molecule has 0 saturated carbocycles. The van der Waals surface area contributed by atoms with E-state index in [4.69, 9.17) is 4.74 Å². The van der Waals surface area contributed by atoms with Crippen molar-refractivity contribution in [3.05, 3.63) is 0 Å². The lowest BCUT2D eigenvalue weighted by Gasteiger charge is -2.27. The van der Waals surface area contributed by atoms with E-state index in [1.807, 2.05) is 20.8 Å². The minimum Gasteiger partial charge on any atom is -0.388 e. The van der Waals surface area contributed by atoms with Gasteiger partial charge < -0.3 is 20.5 Å². The van der Waals surface area contributed by atoms with Crippen LogP contribution in [0.3, 0.4) is 0 Å². The van der Waals surface area contributed by atoms with Gasteiger partial charge in [0.1, 0.15) is 0 Å². The van der Waals surface area contributed by atoms with Crippen LogP contribution in [0.2, 0.25) is 0 Å². The lowest BCUT2D eigenvalue weighted by molar-refractivity contribution is -0.126. The molecule has 1 aliphatic heterocycles. The van der Waals surface area contributed by atoms with Crippen LogP contribution in [0.15, 0.2) is 0 Å². The molecule has 106 valence electrons. The molecule has 1 rings (SSSR count). The summed E-state index contributed by atoms with van der Waals surface area (Å²) in [5.74, 6) is -0.179. The molecule has 0 bridgehead atoms. The summed E-state index contributed by atoms with van der Waals surface area (Å²) in [7, 11) is 0. The fourth-order valence-electron chi connectivity index (χ4n) is 2.16. The number of nitrogens with one attached hydrogen (secondary N) is 2. The van der Waals surface area contributed by atoms with Crippen LogP contribution in [0.25, 0.3) is 0 Å². The highest BCUT2D eigenvalue weighted by molar-refractivity contribution is 5.80. The zero-order valence-corrected chi connectivity index (χ0v) is 11.7. The Hall–Kier alpha value is -0.650. The van der Waals surface area contributed by atoms with E-state index in [1.165, 1.54) is 0 Å². The van der Waals surface area contributed by atoms with Crippen LogP contribution in [0.5, 0.6) is 0 Å². The smallest absolute Gasteiger partial charge is 0.227 e. The Labute approximate surface area is 109 Å². The third-order valence-corrected chi connectivity index (χ3v) is 3.79. The van der Waals surface area contributed by atoms with Gasteiger partial charge >= 0.3 is 0 Å². The summed E-state index contributed by atoms with van der Waals surface area (Å²) in [6, 6.07) is 0.0892. The quantitative estimate of drug-likeness (QED) is 0.613. The van der Waals surface area contributed by atoms with E-state index in [-0.39, 0.29) is 17.9 Å². The van der Waals surface area contributed by atoms with Crippen molar-refractivity contribution in [2.45, 2.75) is 45.3 Å². The van der Waals surface area contributed by atoms with Crippen molar-refractivity contribution in [2.75, 3.05) is 26.3 Å². The maximum atomic E-state index is 12.1. The molecule has 1 saturated heterocycles. The second-order valence-corrected chi connectivity index (χ2v) is 4.96. The summed E-state index contributed by atoms with van der Waals surface area (Å²) < 4.78 is 5.34. The zero-order valence-electron chi connectivity index (χ0n) is 11.7. The van der Waals surface area contributed by atoms with Gasteiger partial charge in [-0.3, -0.25) is 4.79 Å². The lowest BCUT2D eigenvalue weighted by Crippen LogP contribution is -2.48. The number of ether oxygens (including phenoxy) is 1. The van der Waals surface area contributed by atoms with Crippen molar-refractivity contribution in [1.29, 1.82) is 0 Å². The molecule has 3 N–H and O–H groups in total. The van der Waals surface area contributed by atoms with Crippen molar-refractivity contribution >= 4 is 5.91 Å². The van der Waals surface area contributed by atoms with E-state index < -0.39 is 5.60 Å². The Balaban J connectivity index is 2.45. The monoisotopic (exact) mass is 258 g/mol. The topological polar surface area (TPSA) is 70.6 Å². The van der Waals surface area contributed by atoms with E-state index in [2.05, 4.69) is 10.6 Å². The van der Waals surface area contributed by atoms with E-state index in [9.17, 15) is 9.90 Å². The highest BCUT2D eigenvalue weighted by atomic mass is 16.5. The van der Waals surface area contributed by atoms with Crippen LogP contribution >= 0.6 is 0 Å². The van der Waals surface area contributed by atoms with Crippen LogP contribution in [0, 0.1) is 5.92 Å². The summed E-state index contributed by atoms with van der Waals surface area (Å²) in [5, 5.41) is 16.2. The van der Waals surface area contributed by atoms with Gasteiger partial charge in [0.25, 0.3) is 0 Å². The molecule has 1 aliphatic rings. The Kier molecular flexibility index (Phi) is 6.05. The highest BCUT2D eigenvalue weighted by Gasteiger charge is 2.34. The molecular formula is C13H26N2O3. The van der Waals surface area contributed by atoms with Gasteiger partial charge in [-0.05, 0) is 19.4 Å². The normalized spacial score (nSPS) is 24.2. The number of likely N-dealkylation sites (N-methyl/N-ethyl adjacent to an activating group) is 1. The predicted octanol–water partition coefficient (Wildman–Crippen LogP) is 0.278. The molecule has 0 radical (unpaired) electrons. The number of aliphatic hydroxyl groups is 1. The standard InChI is InChI=1S/C13H26N2O3/c1-4-13(17,5-2)9-15-12(16)10-7-18-8-11(10)14-6-3/h10-11,14,17H,4-9H2,1-3H3,(H,15,16). The van der Waals surface area contributed by atoms with E-state index in [0.717, 1.165) is 6.54 Å². The lowest BCUT2D eigenvalue weighted by atomic mass is 9.96. The molecule has 5 nitrogen and oxygen atoms in total. The molecule has 0 aliphatic carbocycles. The van der Waals surface area contributed by atoms with Crippen LogP contribution < -0.4 is 10.6 Å². The molecule has 0 spiro atoms. The van der Waals surface area contributed by atoms with E-state index in [1.54, 1.807) is 0 Å². The van der Waals surface area contributed by atoms with Gasteiger partial charge in [0.05, 0.1) is 24.7 Å². The molecule has 0 aromatic heterocycles. The van der Waals surface area contributed by atoms with Gasteiger partial charge in [-0.15, -0.1) is 0 Å². The Morgan fingerprint density at radius 1 is 1.33 bits per heavy atom. The average molecular weight is 258 g/mol. The summed E-state index contributed by atoms with van der Waals surface area (Å²) in [6.45, 7) is 8.05. The Morgan fingerprint density at radius 2 is 2.00 bits per heavy atom. The first-order chi connectivity index (χ1) is 8.56. The molecule has 1 fully saturated rings. The first-order valence-corrected chi connectivity index (χ1v) is 6.87. The van der Waals surface area contributed by atoms with Crippen molar-refractivity contribution in [2.24, 2.45) is 5.92 Å². The Morgan fingerprint density at radius 3 is 2.56 bits per heavy atom. The van der Waals surface area contributed by atoms with Gasteiger partial charge in [-0.2, -0.15) is 0 Å². The van der Waals surface area contributed by atoms with Crippen LogP contribution in [0.1, 0.15) is 33.6 Å². The maximum absolute atomic E-state index is 12.1.